The first-order valence-electron chi connectivity index (χ1n) is 3.92. The fourth-order valence-corrected chi connectivity index (χ4v) is 1.58. The second-order valence-electron chi connectivity index (χ2n) is 2.74. The van der Waals surface area contributed by atoms with Crippen LogP contribution < -0.4 is 4.74 Å². The molecule has 1 atom stereocenters. The summed E-state index contributed by atoms with van der Waals surface area (Å²) in [7, 11) is 1.62. The van der Waals surface area contributed by atoms with Gasteiger partial charge in [0.2, 0.25) is 0 Å². The van der Waals surface area contributed by atoms with Crippen molar-refractivity contribution in [1.29, 1.82) is 5.26 Å². The van der Waals surface area contributed by atoms with E-state index in [1.165, 1.54) is 0 Å². The van der Waals surface area contributed by atoms with E-state index in [0.29, 0.717) is 0 Å². The summed E-state index contributed by atoms with van der Waals surface area (Å²) in [5.74, 6) is 0.705. The van der Waals surface area contributed by atoms with Crippen LogP contribution in [-0.2, 0) is 0 Å². The number of methoxy groups -OCH3 is 1. The fraction of sp³-hybridized carbons (Fsp3) is 0.300. The highest BCUT2D eigenvalue weighted by Gasteiger charge is 2.06. The van der Waals surface area contributed by atoms with Crippen LogP contribution >= 0.6 is 15.9 Å². The molecule has 0 fully saturated rings. The monoisotopic (exact) mass is 239 g/mol. The van der Waals surface area contributed by atoms with E-state index in [4.69, 9.17) is 10.00 Å². The molecule has 0 saturated heterocycles. The van der Waals surface area contributed by atoms with Crippen molar-refractivity contribution in [1.82, 2.24) is 0 Å². The number of nitrogens with zero attached hydrogens (tertiary/aromatic N) is 1. The number of hydrogen-bond acceptors (Lipinski definition) is 2. The van der Waals surface area contributed by atoms with Crippen LogP contribution in [0, 0.1) is 11.3 Å². The van der Waals surface area contributed by atoms with Gasteiger partial charge in [-0.15, -0.1) is 0 Å². The highest BCUT2D eigenvalue weighted by Crippen LogP contribution is 2.28. The van der Waals surface area contributed by atoms with Gasteiger partial charge in [0.1, 0.15) is 5.75 Å². The van der Waals surface area contributed by atoms with Gasteiger partial charge in [-0.1, -0.05) is 6.07 Å². The minimum absolute atomic E-state index is 0.0813. The first-order chi connectivity index (χ1) is 6.19. The number of ether oxygens (including phenoxy) is 1. The number of nitriles is 1. The van der Waals surface area contributed by atoms with Crippen molar-refractivity contribution in [2.24, 2.45) is 0 Å². The Hall–Kier alpha value is -1.01. The third-order valence-corrected chi connectivity index (χ3v) is 2.49. The predicted molar refractivity (Wildman–Crippen MR) is 54.7 cm³/mol. The minimum atomic E-state index is -0.0813. The molecule has 0 aliphatic rings. The van der Waals surface area contributed by atoms with E-state index in [1.54, 1.807) is 7.11 Å². The zero-order valence-corrected chi connectivity index (χ0v) is 9.13. The van der Waals surface area contributed by atoms with Crippen LogP contribution in [0.4, 0.5) is 0 Å². The lowest BCUT2D eigenvalue weighted by Gasteiger charge is -2.06. The van der Waals surface area contributed by atoms with Gasteiger partial charge >= 0.3 is 0 Å². The summed E-state index contributed by atoms with van der Waals surface area (Å²) in [4.78, 5) is 0. The molecule has 0 bridgehead atoms. The van der Waals surface area contributed by atoms with E-state index < -0.39 is 0 Å². The Labute approximate surface area is 86.3 Å². The highest BCUT2D eigenvalue weighted by molar-refractivity contribution is 9.10. The van der Waals surface area contributed by atoms with Crippen molar-refractivity contribution in [3.05, 3.63) is 28.2 Å². The Balaban J connectivity index is 3.04. The molecule has 13 heavy (non-hydrogen) atoms. The summed E-state index contributed by atoms with van der Waals surface area (Å²) in [6.45, 7) is 1.87. The van der Waals surface area contributed by atoms with E-state index in [-0.39, 0.29) is 5.92 Å². The van der Waals surface area contributed by atoms with Crippen LogP contribution in [0.25, 0.3) is 0 Å². The van der Waals surface area contributed by atoms with E-state index >= 15 is 0 Å². The van der Waals surface area contributed by atoms with E-state index in [2.05, 4.69) is 22.0 Å². The number of benzene rings is 1. The molecule has 0 N–H and O–H groups in total. The standard InChI is InChI=1S/C10H10BrNO/c1-7(6-12)8-3-4-10(13-2)9(11)5-8/h3-5,7H,1-2H3. The lowest BCUT2D eigenvalue weighted by molar-refractivity contribution is 0.412. The SMILES string of the molecule is COc1ccc(C(C)C#N)cc1Br. The van der Waals surface area contributed by atoms with Crippen LogP contribution in [0.2, 0.25) is 0 Å². The topological polar surface area (TPSA) is 33.0 Å². The molecule has 3 heteroatoms. The van der Waals surface area contributed by atoms with Gasteiger partial charge in [-0.05, 0) is 40.5 Å². The molecule has 0 amide bonds. The van der Waals surface area contributed by atoms with Crippen LogP contribution in [0.1, 0.15) is 18.4 Å². The summed E-state index contributed by atoms with van der Waals surface area (Å²) in [6.07, 6.45) is 0. The molecular formula is C10H10BrNO. The van der Waals surface area contributed by atoms with Gasteiger partial charge in [-0.25, -0.2) is 0 Å². The van der Waals surface area contributed by atoms with Crippen molar-refractivity contribution in [3.8, 4) is 11.8 Å². The molecule has 0 saturated carbocycles. The maximum atomic E-state index is 8.71. The second-order valence-corrected chi connectivity index (χ2v) is 3.60. The highest BCUT2D eigenvalue weighted by atomic mass is 79.9. The molecule has 1 unspecified atom stereocenters. The zero-order chi connectivity index (χ0) is 9.84. The molecule has 2 nitrogen and oxygen atoms in total. The average molecular weight is 240 g/mol. The van der Waals surface area contributed by atoms with E-state index in [0.717, 1.165) is 15.8 Å². The molecule has 0 spiro atoms. The van der Waals surface area contributed by atoms with Gasteiger partial charge in [-0.3, -0.25) is 0 Å². The van der Waals surface area contributed by atoms with E-state index in [9.17, 15) is 0 Å². The Kier molecular flexibility index (Phi) is 3.32. The molecule has 0 aliphatic heterocycles. The van der Waals surface area contributed by atoms with Gasteiger partial charge in [0.25, 0.3) is 0 Å². The summed E-state index contributed by atoms with van der Waals surface area (Å²) >= 11 is 3.37. The summed E-state index contributed by atoms with van der Waals surface area (Å²) in [5, 5.41) is 8.71. The average Bonchev–Trinajstić information content (AvgIpc) is 2.16. The first-order valence-corrected chi connectivity index (χ1v) is 4.71. The third kappa shape index (κ3) is 2.22. The van der Waals surface area contributed by atoms with Gasteiger partial charge in [0.15, 0.2) is 0 Å². The molecule has 68 valence electrons. The Bertz CT molecular complexity index is 343. The summed E-state index contributed by atoms with van der Waals surface area (Å²) < 4.78 is 5.97. The summed E-state index contributed by atoms with van der Waals surface area (Å²) in [5.41, 5.74) is 0.996. The Morgan fingerprint density at radius 1 is 1.54 bits per heavy atom. The lowest BCUT2D eigenvalue weighted by Crippen LogP contribution is -1.91. The largest absolute Gasteiger partial charge is 0.496 e. The quantitative estimate of drug-likeness (QED) is 0.795. The molecule has 0 aliphatic carbocycles. The second kappa shape index (κ2) is 4.29. The van der Waals surface area contributed by atoms with Crippen LogP contribution in [0.3, 0.4) is 0 Å². The van der Waals surface area contributed by atoms with Gasteiger partial charge in [-0.2, -0.15) is 5.26 Å². The van der Waals surface area contributed by atoms with Gasteiger partial charge in [0, 0.05) is 0 Å². The molecular weight excluding hydrogens is 230 g/mol. The minimum Gasteiger partial charge on any atom is -0.496 e. The molecule has 0 heterocycles. The lowest BCUT2D eigenvalue weighted by atomic mass is 10.0. The molecule has 1 aromatic carbocycles. The first kappa shape index (κ1) is 10.1. The number of rotatable bonds is 2. The van der Waals surface area contributed by atoms with Crippen LogP contribution in [0.5, 0.6) is 5.75 Å². The molecule has 1 rings (SSSR count). The maximum absolute atomic E-state index is 8.71. The van der Waals surface area contributed by atoms with Crippen molar-refractivity contribution in [3.63, 3.8) is 0 Å². The van der Waals surface area contributed by atoms with Gasteiger partial charge < -0.3 is 4.74 Å². The molecule has 1 aromatic rings. The van der Waals surface area contributed by atoms with Crippen LogP contribution in [-0.4, -0.2) is 7.11 Å². The fourth-order valence-electron chi connectivity index (χ4n) is 1.03. The Morgan fingerprint density at radius 3 is 2.69 bits per heavy atom. The van der Waals surface area contributed by atoms with Crippen molar-refractivity contribution in [2.45, 2.75) is 12.8 Å². The molecule has 0 aromatic heterocycles. The molecule has 0 radical (unpaired) electrons. The van der Waals surface area contributed by atoms with E-state index in [1.807, 2.05) is 25.1 Å². The third-order valence-electron chi connectivity index (χ3n) is 1.87. The van der Waals surface area contributed by atoms with Crippen molar-refractivity contribution >= 4 is 15.9 Å². The van der Waals surface area contributed by atoms with Crippen molar-refractivity contribution < 1.29 is 4.74 Å². The number of halogens is 1. The van der Waals surface area contributed by atoms with Crippen molar-refractivity contribution in [2.75, 3.05) is 7.11 Å². The normalized spacial score (nSPS) is 11.8. The summed E-state index contributed by atoms with van der Waals surface area (Å²) in [6, 6.07) is 7.85. The van der Waals surface area contributed by atoms with Gasteiger partial charge in [0.05, 0.1) is 23.6 Å². The smallest absolute Gasteiger partial charge is 0.133 e. The van der Waals surface area contributed by atoms with Crippen LogP contribution in [0.15, 0.2) is 22.7 Å². The number of hydrogen-bond donors (Lipinski definition) is 0. The maximum Gasteiger partial charge on any atom is 0.133 e. The zero-order valence-electron chi connectivity index (χ0n) is 7.54. The predicted octanol–water partition coefficient (Wildman–Crippen LogP) is 3.08. The Morgan fingerprint density at radius 2 is 2.23 bits per heavy atom.